The van der Waals surface area contributed by atoms with Crippen LogP contribution in [-0.4, -0.2) is 40.4 Å². The fourth-order valence-electron chi connectivity index (χ4n) is 2.36. The van der Waals surface area contributed by atoms with Crippen LogP contribution in [0.4, 0.5) is 0 Å². The van der Waals surface area contributed by atoms with Gasteiger partial charge in [0.2, 0.25) is 0 Å². The minimum atomic E-state index is -3.12. The average Bonchev–Trinajstić information content (AvgIpc) is 2.69. The number of sulfone groups is 1. The summed E-state index contributed by atoms with van der Waals surface area (Å²) in [5, 5.41) is 15.1. The Morgan fingerprint density at radius 1 is 1.56 bits per heavy atom. The molecular weight excluding hydrogens is 276 g/mol. The molecule has 1 aromatic heterocycles. The lowest BCUT2D eigenvalue weighted by Crippen LogP contribution is -2.33. The highest BCUT2D eigenvalue weighted by Gasteiger charge is 2.41. The molecule has 1 atom stereocenters. The SMILES string of the molecule is CCc1nn(C)c(CC2(O)CCS(=O)(=O)C2)c1Cl. The van der Waals surface area contributed by atoms with Crippen molar-refractivity contribution in [2.75, 3.05) is 11.5 Å². The third kappa shape index (κ3) is 2.55. The second-order valence-corrected chi connectivity index (χ2v) is 7.49. The van der Waals surface area contributed by atoms with Crippen LogP contribution in [0, 0.1) is 0 Å². The lowest BCUT2D eigenvalue weighted by Gasteiger charge is -2.20. The maximum atomic E-state index is 11.5. The number of aromatic nitrogens is 2. The molecule has 2 rings (SSSR count). The average molecular weight is 293 g/mol. The first kappa shape index (κ1) is 13.8. The molecule has 1 unspecified atom stereocenters. The van der Waals surface area contributed by atoms with E-state index in [4.69, 9.17) is 11.6 Å². The number of hydrogen-bond donors (Lipinski definition) is 1. The molecule has 5 nitrogen and oxygen atoms in total. The van der Waals surface area contributed by atoms with Gasteiger partial charge in [0.05, 0.1) is 33.5 Å². The number of aryl methyl sites for hydroxylation is 2. The van der Waals surface area contributed by atoms with Crippen LogP contribution in [0.3, 0.4) is 0 Å². The van der Waals surface area contributed by atoms with E-state index in [-0.39, 0.29) is 24.3 Å². The van der Waals surface area contributed by atoms with Crippen molar-refractivity contribution in [3.63, 3.8) is 0 Å². The Bertz CT molecular complexity index is 567. The van der Waals surface area contributed by atoms with E-state index in [1.807, 2.05) is 6.92 Å². The summed E-state index contributed by atoms with van der Waals surface area (Å²) in [5.41, 5.74) is 0.271. The third-order valence-corrected chi connectivity index (χ3v) is 5.61. The van der Waals surface area contributed by atoms with Crippen molar-refractivity contribution in [2.45, 2.75) is 31.8 Å². The van der Waals surface area contributed by atoms with Crippen molar-refractivity contribution >= 4 is 21.4 Å². The Morgan fingerprint density at radius 3 is 2.67 bits per heavy atom. The third-order valence-electron chi connectivity index (χ3n) is 3.37. The Labute approximate surface area is 112 Å². The van der Waals surface area contributed by atoms with Crippen molar-refractivity contribution in [3.8, 4) is 0 Å². The van der Waals surface area contributed by atoms with Gasteiger partial charge in [0.25, 0.3) is 0 Å². The molecule has 0 radical (unpaired) electrons. The van der Waals surface area contributed by atoms with E-state index >= 15 is 0 Å². The molecule has 1 fully saturated rings. The van der Waals surface area contributed by atoms with E-state index in [0.717, 1.165) is 5.69 Å². The van der Waals surface area contributed by atoms with E-state index in [9.17, 15) is 13.5 Å². The van der Waals surface area contributed by atoms with Crippen LogP contribution in [0.25, 0.3) is 0 Å². The van der Waals surface area contributed by atoms with Gasteiger partial charge >= 0.3 is 0 Å². The Hall–Kier alpha value is -0.590. The molecule has 0 aromatic carbocycles. The zero-order valence-corrected chi connectivity index (χ0v) is 12.1. The van der Waals surface area contributed by atoms with Gasteiger partial charge < -0.3 is 5.11 Å². The van der Waals surface area contributed by atoms with Crippen molar-refractivity contribution < 1.29 is 13.5 Å². The van der Waals surface area contributed by atoms with Gasteiger partial charge in [0.1, 0.15) is 0 Å². The summed E-state index contributed by atoms with van der Waals surface area (Å²) in [6, 6.07) is 0. The largest absolute Gasteiger partial charge is 0.388 e. The molecule has 1 aliphatic rings. The van der Waals surface area contributed by atoms with Gasteiger partial charge in [-0.15, -0.1) is 0 Å². The first-order chi connectivity index (χ1) is 8.26. The van der Waals surface area contributed by atoms with Crippen molar-refractivity contribution in [2.24, 2.45) is 7.05 Å². The van der Waals surface area contributed by atoms with Gasteiger partial charge in [-0.05, 0) is 12.8 Å². The molecule has 18 heavy (non-hydrogen) atoms. The molecule has 0 aliphatic carbocycles. The van der Waals surface area contributed by atoms with E-state index in [0.29, 0.717) is 17.1 Å². The second-order valence-electron chi connectivity index (χ2n) is 4.93. The van der Waals surface area contributed by atoms with Gasteiger partial charge in [-0.1, -0.05) is 18.5 Å². The van der Waals surface area contributed by atoms with Crippen LogP contribution in [0.15, 0.2) is 0 Å². The first-order valence-corrected chi connectivity index (χ1v) is 8.09. The van der Waals surface area contributed by atoms with E-state index in [2.05, 4.69) is 5.10 Å². The lowest BCUT2D eigenvalue weighted by atomic mass is 9.97. The van der Waals surface area contributed by atoms with Crippen LogP contribution in [0.5, 0.6) is 0 Å². The predicted octanol–water partition coefficient (Wildman–Crippen LogP) is 0.728. The van der Waals surface area contributed by atoms with Crippen LogP contribution in [0.1, 0.15) is 24.7 Å². The van der Waals surface area contributed by atoms with E-state index in [1.54, 1.807) is 11.7 Å². The number of aliphatic hydroxyl groups is 1. The second kappa shape index (κ2) is 4.51. The van der Waals surface area contributed by atoms with Crippen LogP contribution in [-0.2, 0) is 29.7 Å². The Balaban J connectivity index is 2.28. The standard InChI is InChI=1S/C11H17ClN2O3S/c1-3-8-10(12)9(14(2)13-8)6-11(15)4-5-18(16,17)7-11/h15H,3-7H2,1-2H3. The summed E-state index contributed by atoms with van der Waals surface area (Å²) in [6.07, 6.45) is 1.20. The smallest absolute Gasteiger partial charge is 0.153 e. The summed E-state index contributed by atoms with van der Waals surface area (Å²) in [6.45, 7) is 1.95. The topological polar surface area (TPSA) is 72.2 Å². The molecule has 0 saturated carbocycles. The minimum Gasteiger partial charge on any atom is -0.388 e. The molecule has 1 aromatic rings. The fourth-order valence-corrected chi connectivity index (χ4v) is 4.62. The first-order valence-electron chi connectivity index (χ1n) is 5.89. The van der Waals surface area contributed by atoms with Gasteiger partial charge in [-0.3, -0.25) is 4.68 Å². The summed E-state index contributed by atoms with van der Waals surface area (Å²) in [5.74, 6) is -0.150. The molecule has 0 bridgehead atoms. The maximum Gasteiger partial charge on any atom is 0.153 e. The highest BCUT2D eigenvalue weighted by molar-refractivity contribution is 7.91. The van der Waals surface area contributed by atoms with Gasteiger partial charge in [0, 0.05) is 13.5 Å². The molecule has 102 valence electrons. The zero-order valence-electron chi connectivity index (χ0n) is 10.5. The summed E-state index contributed by atoms with van der Waals surface area (Å²) in [4.78, 5) is 0. The molecule has 7 heteroatoms. The lowest BCUT2D eigenvalue weighted by molar-refractivity contribution is 0.0662. The molecule has 0 amide bonds. The molecule has 1 aliphatic heterocycles. The summed E-state index contributed by atoms with van der Waals surface area (Å²) < 4.78 is 24.5. The highest BCUT2D eigenvalue weighted by atomic mass is 35.5. The highest BCUT2D eigenvalue weighted by Crippen LogP contribution is 2.31. The van der Waals surface area contributed by atoms with Crippen LogP contribution >= 0.6 is 11.6 Å². The van der Waals surface area contributed by atoms with Crippen molar-refractivity contribution in [3.05, 3.63) is 16.4 Å². The van der Waals surface area contributed by atoms with Crippen LogP contribution < -0.4 is 0 Å². The number of nitrogens with zero attached hydrogens (tertiary/aromatic N) is 2. The molecule has 1 saturated heterocycles. The number of hydrogen-bond acceptors (Lipinski definition) is 4. The Kier molecular flexibility index (Phi) is 3.46. The maximum absolute atomic E-state index is 11.5. The van der Waals surface area contributed by atoms with Crippen molar-refractivity contribution in [1.82, 2.24) is 9.78 Å². The molecule has 0 spiro atoms. The fraction of sp³-hybridized carbons (Fsp3) is 0.727. The normalized spacial score (nSPS) is 26.7. The number of halogens is 1. The molecule has 2 heterocycles. The molecular formula is C11H17ClN2O3S. The minimum absolute atomic E-state index is 0.0413. The van der Waals surface area contributed by atoms with Gasteiger partial charge in [-0.25, -0.2) is 8.42 Å². The summed E-state index contributed by atoms with van der Waals surface area (Å²) in [7, 11) is -1.36. The summed E-state index contributed by atoms with van der Waals surface area (Å²) >= 11 is 6.20. The molecule has 1 N–H and O–H groups in total. The van der Waals surface area contributed by atoms with E-state index < -0.39 is 15.4 Å². The van der Waals surface area contributed by atoms with E-state index in [1.165, 1.54) is 0 Å². The Morgan fingerprint density at radius 2 is 2.22 bits per heavy atom. The zero-order chi connectivity index (χ0) is 13.6. The predicted molar refractivity (Wildman–Crippen MR) is 69.5 cm³/mol. The number of rotatable bonds is 3. The van der Waals surface area contributed by atoms with Gasteiger partial charge in [0.15, 0.2) is 9.84 Å². The quantitative estimate of drug-likeness (QED) is 0.891. The monoisotopic (exact) mass is 292 g/mol. The van der Waals surface area contributed by atoms with Crippen molar-refractivity contribution in [1.29, 1.82) is 0 Å². The van der Waals surface area contributed by atoms with Crippen LogP contribution in [0.2, 0.25) is 5.02 Å². The van der Waals surface area contributed by atoms with Gasteiger partial charge in [-0.2, -0.15) is 5.10 Å².